The number of carbonyl (C=O) groups is 4. The number of imide groups is 1. The van der Waals surface area contributed by atoms with Gasteiger partial charge >= 0.3 is 0 Å². The predicted octanol–water partition coefficient (Wildman–Crippen LogP) is 4.89. The Balaban J connectivity index is 0.844. The topological polar surface area (TPSA) is 156 Å². The number of nitrogens with one attached hydrogen (secondary N) is 3. The van der Waals surface area contributed by atoms with Gasteiger partial charge in [-0.25, -0.2) is 4.39 Å². The lowest BCUT2D eigenvalue weighted by molar-refractivity contribution is -0.164. The molecule has 312 valence electrons. The average molecular weight is 808 g/mol. The van der Waals surface area contributed by atoms with Gasteiger partial charge in [-0.1, -0.05) is 27.7 Å². The Kier molecular flexibility index (Phi) is 11.9. The Hall–Kier alpha value is -5.68. The Morgan fingerprint density at radius 1 is 0.847 bits per heavy atom. The minimum absolute atomic E-state index is 0.114. The molecule has 59 heavy (non-hydrogen) atoms. The van der Waals surface area contributed by atoms with Crippen LogP contribution >= 0.6 is 0 Å². The number of rotatable bonds is 11. The van der Waals surface area contributed by atoms with E-state index in [9.17, 15) is 24.4 Å². The van der Waals surface area contributed by atoms with Crippen molar-refractivity contribution < 1.29 is 33.0 Å². The second-order valence-corrected chi connectivity index (χ2v) is 17.4. The lowest BCUT2D eigenvalue weighted by atomic mass is 9.49. The van der Waals surface area contributed by atoms with Gasteiger partial charge in [0.1, 0.15) is 35.5 Å². The number of amides is 4. The van der Waals surface area contributed by atoms with Crippen molar-refractivity contribution in [3.05, 3.63) is 83.2 Å². The number of halogens is 1. The van der Waals surface area contributed by atoms with Crippen LogP contribution in [0, 0.1) is 33.9 Å². The number of carbonyl (C=O) groups excluding carboxylic acids is 4. The summed E-state index contributed by atoms with van der Waals surface area (Å²) in [6, 6.07) is 18.8. The molecule has 1 atom stereocenters. The highest BCUT2D eigenvalue weighted by Gasteiger charge is 2.64. The predicted molar refractivity (Wildman–Crippen MR) is 221 cm³/mol. The van der Waals surface area contributed by atoms with Gasteiger partial charge in [-0.05, 0) is 79.8 Å². The number of ether oxygens (including phenoxy) is 2. The van der Waals surface area contributed by atoms with Crippen LogP contribution < -0.4 is 35.2 Å². The van der Waals surface area contributed by atoms with E-state index in [0.717, 1.165) is 64.3 Å². The van der Waals surface area contributed by atoms with Crippen molar-refractivity contribution in [3.63, 3.8) is 0 Å². The van der Waals surface area contributed by atoms with E-state index in [1.807, 2.05) is 24.3 Å². The summed E-state index contributed by atoms with van der Waals surface area (Å²) in [4.78, 5) is 56.6. The molecule has 4 fully saturated rings. The van der Waals surface area contributed by atoms with Crippen LogP contribution in [0.1, 0.15) is 79.7 Å². The lowest BCUT2D eigenvalue weighted by Gasteiger charge is -2.63. The van der Waals surface area contributed by atoms with Crippen molar-refractivity contribution in [3.8, 4) is 17.6 Å². The van der Waals surface area contributed by atoms with Crippen molar-refractivity contribution in [1.82, 2.24) is 20.9 Å². The third kappa shape index (κ3) is 8.71. The fraction of sp³-hybridized carbons (Fsp3) is 0.489. The summed E-state index contributed by atoms with van der Waals surface area (Å²) >= 11 is 0. The number of hydrogen-bond acceptors (Lipinski definition) is 10. The van der Waals surface area contributed by atoms with Crippen LogP contribution in [-0.4, -0.2) is 99.6 Å². The first kappa shape index (κ1) is 41.5. The highest BCUT2D eigenvalue weighted by Crippen LogP contribution is 2.55. The molecule has 3 aromatic rings. The number of benzene rings is 3. The molecule has 3 aliphatic heterocycles. The minimum atomic E-state index is -0.864. The van der Waals surface area contributed by atoms with E-state index in [0.29, 0.717) is 34.2 Å². The van der Waals surface area contributed by atoms with Crippen LogP contribution in [0.5, 0.6) is 11.5 Å². The first-order valence-corrected chi connectivity index (χ1v) is 20.5. The molecule has 14 heteroatoms. The molecule has 3 heterocycles. The highest BCUT2D eigenvalue weighted by molar-refractivity contribution is 6.04. The first-order valence-electron chi connectivity index (χ1n) is 20.5. The fourth-order valence-corrected chi connectivity index (χ4v) is 9.69. The van der Waals surface area contributed by atoms with E-state index in [2.05, 4.69) is 64.4 Å². The van der Waals surface area contributed by atoms with E-state index in [1.54, 1.807) is 24.3 Å². The summed E-state index contributed by atoms with van der Waals surface area (Å²) in [6.45, 7) is 14.5. The van der Waals surface area contributed by atoms with Gasteiger partial charge in [-0.15, -0.1) is 0 Å². The van der Waals surface area contributed by atoms with Crippen LogP contribution in [0.15, 0.2) is 60.7 Å². The molecule has 0 spiro atoms. The largest absolute Gasteiger partial charge is 0.495 e. The maximum Gasteiger partial charge on any atom is 0.254 e. The normalized spacial score (nSPS) is 23.0. The molecule has 0 bridgehead atoms. The van der Waals surface area contributed by atoms with Crippen LogP contribution in [0.3, 0.4) is 0 Å². The van der Waals surface area contributed by atoms with Crippen molar-refractivity contribution in [1.29, 1.82) is 5.26 Å². The summed E-state index contributed by atoms with van der Waals surface area (Å²) in [5, 5.41) is 17.4. The molecule has 0 unspecified atom stereocenters. The van der Waals surface area contributed by atoms with Crippen molar-refractivity contribution in [2.45, 2.75) is 71.6 Å². The quantitative estimate of drug-likeness (QED) is 0.228. The van der Waals surface area contributed by atoms with Gasteiger partial charge in [0.2, 0.25) is 11.8 Å². The number of nitriles is 1. The molecule has 3 saturated heterocycles. The molecule has 3 N–H and O–H groups in total. The van der Waals surface area contributed by atoms with Crippen LogP contribution in [0.2, 0.25) is 0 Å². The molecule has 13 nitrogen and oxygen atoms in total. The first-order chi connectivity index (χ1) is 28.2. The van der Waals surface area contributed by atoms with Crippen LogP contribution in [0.25, 0.3) is 0 Å². The molecule has 1 aliphatic carbocycles. The summed E-state index contributed by atoms with van der Waals surface area (Å²) < 4.78 is 26.9. The minimum Gasteiger partial charge on any atom is -0.495 e. The van der Waals surface area contributed by atoms with Crippen LogP contribution in [-0.2, 0) is 9.59 Å². The Morgan fingerprint density at radius 3 is 2.14 bits per heavy atom. The van der Waals surface area contributed by atoms with Gasteiger partial charge < -0.3 is 29.9 Å². The summed E-state index contributed by atoms with van der Waals surface area (Å²) in [7, 11) is 1.53. The second kappa shape index (κ2) is 16.9. The molecule has 1 saturated carbocycles. The van der Waals surface area contributed by atoms with Crippen LogP contribution in [0.4, 0.5) is 15.8 Å². The monoisotopic (exact) mass is 807 g/mol. The number of hydrogen-bond donors (Lipinski definition) is 3. The number of piperidine rings is 2. The Bertz CT molecular complexity index is 2100. The molecule has 4 amide bonds. The number of anilines is 2. The lowest BCUT2D eigenvalue weighted by Crippen LogP contribution is -2.74. The molecular formula is C45H54FN7O6. The van der Waals surface area contributed by atoms with Crippen molar-refractivity contribution in [2.75, 3.05) is 62.7 Å². The third-order valence-electron chi connectivity index (χ3n) is 12.8. The summed E-state index contributed by atoms with van der Waals surface area (Å²) in [6.07, 6.45) is 2.27. The van der Waals surface area contributed by atoms with Gasteiger partial charge in [0.15, 0.2) is 0 Å². The second-order valence-electron chi connectivity index (χ2n) is 17.4. The molecule has 4 aliphatic rings. The molecule has 0 aromatic heterocycles. The fourth-order valence-electron chi connectivity index (χ4n) is 9.69. The standard InChI is InChI=1S/C45H54FN7O6/c1-44(2)42(45(3,4)43(44)59-33-12-8-30(26-47)37(25-33)58-5)50-39(55)29-6-9-31(10-7-29)52-18-16-28(17-19-52)27-51-20-22-53(23-21-51)32-11-13-34(35(46)24-32)40(56)48-36-14-15-38(54)49-41(36)57/h6-13,24-25,28,36,42-43H,14-23,27H2,1-5H3,(H,48,56)(H,50,55)(H,49,54,57)/t36-,42-,43-/m0/s1. The number of nitrogens with zero attached hydrogens (tertiary/aromatic N) is 4. The number of piperazine rings is 1. The molecule has 7 rings (SSSR count). The SMILES string of the molecule is COc1cc(O[C@H]2C(C)(C)[C@H](NC(=O)c3ccc(N4CCC(CN5CCN(c6ccc(C(=O)N[C@H]7CCC(=O)NC7=O)c(F)c6)CC5)CC4)cc3)C2(C)C)ccc1C#N. The number of methoxy groups -OCH3 is 1. The van der Waals surface area contributed by atoms with Gasteiger partial charge in [-0.3, -0.25) is 29.4 Å². The maximum atomic E-state index is 15.1. The Morgan fingerprint density at radius 2 is 1.51 bits per heavy atom. The van der Waals surface area contributed by atoms with E-state index in [-0.39, 0.29) is 53.2 Å². The van der Waals surface area contributed by atoms with Crippen molar-refractivity contribution >= 4 is 35.0 Å². The van der Waals surface area contributed by atoms with Crippen molar-refractivity contribution in [2.24, 2.45) is 16.7 Å². The van der Waals surface area contributed by atoms with E-state index < -0.39 is 23.7 Å². The zero-order valence-corrected chi connectivity index (χ0v) is 34.5. The zero-order chi connectivity index (χ0) is 42.1. The zero-order valence-electron chi connectivity index (χ0n) is 34.5. The average Bonchev–Trinajstić information content (AvgIpc) is 3.23. The van der Waals surface area contributed by atoms with E-state index in [4.69, 9.17) is 9.47 Å². The smallest absolute Gasteiger partial charge is 0.254 e. The van der Waals surface area contributed by atoms with E-state index in [1.165, 1.54) is 19.2 Å². The summed E-state index contributed by atoms with van der Waals surface area (Å²) in [5.74, 6) is -0.738. The third-order valence-corrected chi connectivity index (χ3v) is 12.8. The van der Waals surface area contributed by atoms with Gasteiger partial charge in [0, 0.05) is 92.1 Å². The maximum absolute atomic E-state index is 15.1. The van der Waals surface area contributed by atoms with Gasteiger partial charge in [-0.2, -0.15) is 5.26 Å². The summed E-state index contributed by atoms with van der Waals surface area (Å²) in [5.41, 5.74) is 2.04. The van der Waals surface area contributed by atoms with E-state index >= 15 is 4.39 Å². The molecule has 0 radical (unpaired) electrons. The Labute approximate surface area is 345 Å². The molecule has 3 aromatic carbocycles. The highest BCUT2D eigenvalue weighted by atomic mass is 19.1. The molecular weight excluding hydrogens is 754 g/mol. The van der Waals surface area contributed by atoms with Gasteiger partial charge in [0.25, 0.3) is 11.8 Å². The van der Waals surface area contributed by atoms with Gasteiger partial charge in [0.05, 0.1) is 18.2 Å².